The van der Waals surface area contributed by atoms with Crippen molar-refractivity contribution in [1.29, 1.82) is 0 Å². The van der Waals surface area contributed by atoms with Crippen LogP contribution in [0, 0.1) is 6.92 Å². The third-order valence-electron chi connectivity index (χ3n) is 2.70. The van der Waals surface area contributed by atoms with Gasteiger partial charge < -0.3 is 16.3 Å². The van der Waals surface area contributed by atoms with Crippen LogP contribution >= 0.6 is 11.6 Å². The maximum absolute atomic E-state index is 12.1. The number of aromatic nitrogens is 2. The van der Waals surface area contributed by atoms with Crippen molar-refractivity contribution in [1.82, 2.24) is 10.2 Å². The molecular formula is C12H12ClN5O2. The Morgan fingerprint density at radius 1 is 1.55 bits per heavy atom. The van der Waals surface area contributed by atoms with Crippen molar-refractivity contribution in [2.75, 3.05) is 5.32 Å². The molecule has 0 unspecified atom stereocenters. The van der Waals surface area contributed by atoms with Gasteiger partial charge in [0.1, 0.15) is 5.82 Å². The Labute approximate surface area is 119 Å². The Morgan fingerprint density at radius 2 is 2.30 bits per heavy atom. The van der Waals surface area contributed by atoms with Gasteiger partial charge in [-0.2, -0.15) is 5.10 Å². The fourth-order valence-corrected chi connectivity index (χ4v) is 1.73. The number of aromatic amines is 1. The number of anilines is 1. The largest absolute Gasteiger partial charge is 0.409 e. The molecule has 0 aliphatic rings. The molecule has 1 amide bonds. The van der Waals surface area contributed by atoms with E-state index in [2.05, 4.69) is 20.7 Å². The van der Waals surface area contributed by atoms with Crippen LogP contribution < -0.4 is 11.1 Å². The average molecular weight is 294 g/mol. The lowest BCUT2D eigenvalue weighted by molar-refractivity contribution is 0.102. The molecule has 2 rings (SSSR count). The number of rotatable bonds is 3. The Balaban J connectivity index is 2.24. The zero-order valence-electron chi connectivity index (χ0n) is 10.5. The average Bonchev–Trinajstić information content (AvgIpc) is 2.89. The van der Waals surface area contributed by atoms with E-state index in [4.69, 9.17) is 22.5 Å². The van der Waals surface area contributed by atoms with Crippen molar-refractivity contribution in [3.8, 4) is 0 Å². The van der Waals surface area contributed by atoms with Crippen LogP contribution in [0.25, 0.3) is 0 Å². The summed E-state index contributed by atoms with van der Waals surface area (Å²) < 4.78 is 0. The Kier molecular flexibility index (Phi) is 3.90. The highest BCUT2D eigenvalue weighted by Crippen LogP contribution is 2.18. The number of nitrogens with two attached hydrogens (primary N) is 1. The molecule has 0 bridgehead atoms. The fraction of sp³-hybridized carbons (Fsp3) is 0.0833. The molecule has 0 fully saturated rings. The molecule has 1 aromatic carbocycles. The van der Waals surface area contributed by atoms with E-state index in [1.807, 2.05) is 6.92 Å². The van der Waals surface area contributed by atoms with Gasteiger partial charge in [-0.05, 0) is 24.6 Å². The molecule has 1 aromatic heterocycles. The number of H-pyrrole nitrogens is 1. The lowest BCUT2D eigenvalue weighted by atomic mass is 10.1. The molecule has 0 radical (unpaired) electrons. The number of carbonyl (C=O) groups is 1. The maximum atomic E-state index is 12.1. The molecular weight excluding hydrogens is 282 g/mol. The molecule has 0 saturated carbocycles. The van der Waals surface area contributed by atoms with Gasteiger partial charge in [-0.3, -0.25) is 9.89 Å². The Hall–Kier alpha value is -2.54. The van der Waals surface area contributed by atoms with Gasteiger partial charge in [0.15, 0.2) is 5.84 Å². The molecule has 20 heavy (non-hydrogen) atoms. The molecule has 0 spiro atoms. The maximum Gasteiger partial charge on any atom is 0.256 e. The van der Waals surface area contributed by atoms with Gasteiger partial charge in [-0.15, -0.1) is 0 Å². The lowest BCUT2D eigenvalue weighted by Gasteiger charge is -2.06. The van der Waals surface area contributed by atoms with E-state index < -0.39 is 0 Å². The van der Waals surface area contributed by atoms with E-state index in [9.17, 15) is 4.79 Å². The highest BCUT2D eigenvalue weighted by Gasteiger charge is 2.14. The molecule has 0 saturated heterocycles. The number of hydrogen-bond acceptors (Lipinski definition) is 4. The smallest absolute Gasteiger partial charge is 0.256 e. The monoisotopic (exact) mass is 293 g/mol. The second-order valence-corrected chi connectivity index (χ2v) is 4.47. The topological polar surface area (TPSA) is 116 Å². The van der Waals surface area contributed by atoms with Gasteiger partial charge >= 0.3 is 0 Å². The first-order chi connectivity index (χ1) is 9.52. The number of hydrogen-bond donors (Lipinski definition) is 4. The second kappa shape index (κ2) is 5.62. The van der Waals surface area contributed by atoms with E-state index >= 15 is 0 Å². The number of aryl methyl sites for hydroxylation is 1. The number of carbonyl (C=O) groups excluding carboxylic acids is 1. The summed E-state index contributed by atoms with van der Waals surface area (Å²) in [6, 6.07) is 4.95. The highest BCUT2D eigenvalue weighted by atomic mass is 35.5. The van der Waals surface area contributed by atoms with Crippen LogP contribution in [-0.4, -0.2) is 27.1 Å². The molecule has 5 N–H and O–H groups in total. The standard InChI is InChI=1S/C12H12ClN5O2/c1-6-2-3-7(4-9(6)13)12(19)16-11-8(5-15-17-11)10(14)18-20/h2-5,20H,1H3,(H2,14,18)(H2,15,16,17,19). The number of halogens is 1. The first-order valence-electron chi connectivity index (χ1n) is 5.61. The van der Waals surface area contributed by atoms with Gasteiger partial charge in [0, 0.05) is 10.6 Å². The van der Waals surface area contributed by atoms with Crippen molar-refractivity contribution >= 4 is 29.2 Å². The number of nitrogens with zero attached hydrogens (tertiary/aromatic N) is 2. The third kappa shape index (κ3) is 2.72. The van der Waals surface area contributed by atoms with Crippen molar-refractivity contribution in [2.45, 2.75) is 6.92 Å². The molecule has 8 heteroatoms. The number of amides is 1. The van der Waals surface area contributed by atoms with Crippen LogP contribution in [0.2, 0.25) is 5.02 Å². The summed E-state index contributed by atoms with van der Waals surface area (Å²) in [4.78, 5) is 12.1. The van der Waals surface area contributed by atoms with E-state index in [1.165, 1.54) is 6.20 Å². The number of amidine groups is 1. The zero-order chi connectivity index (χ0) is 14.7. The van der Waals surface area contributed by atoms with Crippen LogP contribution in [0.1, 0.15) is 21.5 Å². The molecule has 0 aliphatic carbocycles. The van der Waals surface area contributed by atoms with Crippen LogP contribution in [0.3, 0.4) is 0 Å². The summed E-state index contributed by atoms with van der Waals surface area (Å²) in [5, 5.41) is 20.9. The van der Waals surface area contributed by atoms with Crippen LogP contribution in [0.5, 0.6) is 0 Å². The minimum Gasteiger partial charge on any atom is -0.409 e. The summed E-state index contributed by atoms with van der Waals surface area (Å²) in [6.07, 6.45) is 1.34. The Bertz CT molecular complexity index is 680. The van der Waals surface area contributed by atoms with Crippen molar-refractivity contribution in [3.05, 3.63) is 46.1 Å². The molecule has 0 aliphatic heterocycles. The third-order valence-corrected chi connectivity index (χ3v) is 3.10. The van der Waals surface area contributed by atoms with Gasteiger partial charge in [-0.1, -0.05) is 22.8 Å². The summed E-state index contributed by atoms with van der Waals surface area (Å²) >= 11 is 5.97. The second-order valence-electron chi connectivity index (χ2n) is 4.06. The molecule has 1 heterocycles. The van der Waals surface area contributed by atoms with Crippen molar-refractivity contribution in [3.63, 3.8) is 0 Å². The summed E-state index contributed by atoms with van der Waals surface area (Å²) in [5.41, 5.74) is 7.02. The first-order valence-corrected chi connectivity index (χ1v) is 5.99. The van der Waals surface area contributed by atoms with Crippen LogP contribution in [0.4, 0.5) is 5.82 Å². The van der Waals surface area contributed by atoms with Gasteiger partial charge in [0.25, 0.3) is 5.91 Å². The molecule has 0 atom stereocenters. The van der Waals surface area contributed by atoms with E-state index in [-0.39, 0.29) is 17.6 Å². The van der Waals surface area contributed by atoms with Gasteiger partial charge in [0.2, 0.25) is 0 Å². The van der Waals surface area contributed by atoms with E-state index in [0.29, 0.717) is 16.1 Å². The number of benzene rings is 1. The minimum atomic E-state index is -0.386. The normalized spacial score (nSPS) is 11.4. The SMILES string of the molecule is Cc1ccc(C(=O)Nc2[nH]ncc2C(N)=NO)cc1Cl. The summed E-state index contributed by atoms with van der Waals surface area (Å²) in [7, 11) is 0. The number of oxime groups is 1. The Morgan fingerprint density at radius 3 is 2.95 bits per heavy atom. The fourth-order valence-electron chi connectivity index (χ4n) is 1.55. The van der Waals surface area contributed by atoms with Crippen molar-refractivity contribution < 1.29 is 10.0 Å². The zero-order valence-corrected chi connectivity index (χ0v) is 11.3. The van der Waals surface area contributed by atoms with Gasteiger partial charge in [0.05, 0.1) is 11.8 Å². The molecule has 104 valence electrons. The van der Waals surface area contributed by atoms with E-state index in [1.54, 1.807) is 18.2 Å². The van der Waals surface area contributed by atoms with Crippen molar-refractivity contribution in [2.24, 2.45) is 10.9 Å². The van der Waals surface area contributed by atoms with E-state index in [0.717, 1.165) is 5.56 Å². The number of nitrogens with one attached hydrogen (secondary N) is 2. The minimum absolute atomic E-state index is 0.156. The summed E-state index contributed by atoms with van der Waals surface area (Å²) in [6.45, 7) is 1.84. The lowest BCUT2D eigenvalue weighted by Crippen LogP contribution is -2.18. The predicted molar refractivity (Wildman–Crippen MR) is 75.2 cm³/mol. The molecule has 2 aromatic rings. The van der Waals surface area contributed by atoms with Crippen LogP contribution in [0.15, 0.2) is 29.6 Å². The summed E-state index contributed by atoms with van der Waals surface area (Å²) in [5.74, 6) is -0.305. The highest BCUT2D eigenvalue weighted by molar-refractivity contribution is 6.31. The van der Waals surface area contributed by atoms with Crippen LogP contribution in [-0.2, 0) is 0 Å². The van der Waals surface area contributed by atoms with Gasteiger partial charge in [-0.25, -0.2) is 0 Å². The molecule has 7 nitrogen and oxygen atoms in total. The quantitative estimate of drug-likeness (QED) is 0.298. The predicted octanol–water partition coefficient (Wildman–Crippen LogP) is 1.72. The first kappa shape index (κ1) is 13.9.